The molecule has 29 heavy (non-hydrogen) atoms. The fourth-order valence-corrected chi connectivity index (χ4v) is 3.60. The van der Waals surface area contributed by atoms with Crippen LogP contribution in [0.25, 0.3) is 0 Å². The van der Waals surface area contributed by atoms with E-state index in [1.807, 2.05) is 47.6 Å². The topological polar surface area (TPSA) is 97.7 Å². The lowest BCUT2D eigenvalue weighted by Crippen LogP contribution is -2.31. The molecule has 0 spiro atoms. The molecule has 0 radical (unpaired) electrons. The molecule has 3 rings (SSSR count). The molecular weight excluding hydrogens is 394 g/mol. The summed E-state index contributed by atoms with van der Waals surface area (Å²) in [5.74, 6) is -0.774. The normalized spacial score (nSPS) is 27.1. The molecule has 2 aliphatic rings. The molecule has 164 valence electrons. The van der Waals surface area contributed by atoms with Crippen molar-refractivity contribution < 1.29 is 19.3 Å². The molecule has 8 nitrogen and oxygen atoms in total. The first-order chi connectivity index (χ1) is 13.7. The third-order valence-electron chi connectivity index (χ3n) is 4.59. The van der Waals surface area contributed by atoms with E-state index in [0.29, 0.717) is 18.7 Å². The van der Waals surface area contributed by atoms with Gasteiger partial charge in [0.15, 0.2) is 16.8 Å². The van der Waals surface area contributed by atoms with Crippen LogP contribution in [0.3, 0.4) is 0 Å². The predicted octanol–water partition coefficient (Wildman–Crippen LogP) is 2.40. The van der Waals surface area contributed by atoms with Crippen molar-refractivity contribution in [3.8, 4) is 0 Å². The zero-order valence-corrected chi connectivity index (χ0v) is 18.8. The number of ether oxygens (including phenoxy) is 3. The van der Waals surface area contributed by atoms with Crippen molar-refractivity contribution in [2.45, 2.75) is 78.4 Å². The molecule has 9 heteroatoms. The summed E-state index contributed by atoms with van der Waals surface area (Å²) < 4.78 is 19.7. The Labute approximate surface area is 176 Å². The van der Waals surface area contributed by atoms with Gasteiger partial charge in [-0.15, -0.1) is 0 Å². The number of nitrogens with one attached hydrogen (secondary N) is 2. The lowest BCUT2D eigenvalue weighted by Gasteiger charge is -2.25. The molecule has 0 saturated carbocycles. The van der Waals surface area contributed by atoms with Gasteiger partial charge >= 0.3 is 0 Å². The maximum atomic E-state index is 12.3. The summed E-state index contributed by atoms with van der Waals surface area (Å²) in [5, 5.41) is 12.8. The van der Waals surface area contributed by atoms with Gasteiger partial charge in [0.2, 0.25) is 0 Å². The van der Waals surface area contributed by atoms with Crippen molar-refractivity contribution in [3.05, 3.63) is 38.5 Å². The Morgan fingerprint density at radius 2 is 2.00 bits per heavy atom. The Morgan fingerprint density at radius 1 is 1.34 bits per heavy atom. The molecule has 0 aliphatic carbocycles. The lowest BCUT2D eigenvalue weighted by atomic mass is 10.1. The summed E-state index contributed by atoms with van der Waals surface area (Å²) in [5.41, 5.74) is 1.50. The second kappa shape index (κ2) is 10.1. The molecule has 0 bridgehead atoms. The van der Waals surface area contributed by atoms with Crippen molar-refractivity contribution in [2.24, 2.45) is 0 Å². The Morgan fingerprint density at radius 3 is 2.62 bits per heavy atom. The Balaban J connectivity index is 0.00000145. The van der Waals surface area contributed by atoms with Crippen molar-refractivity contribution in [1.82, 2.24) is 14.9 Å². The molecular formula is C20H33N3O5S. The van der Waals surface area contributed by atoms with Gasteiger partial charge < -0.3 is 24.6 Å². The fourth-order valence-electron chi connectivity index (χ4n) is 3.36. The lowest BCUT2D eigenvalue weighted by molar-refractivity contribution is -0.200. The van der Waals surface area contributed by atoms with Crippen molar-refractivity contribution >= 4 is 12.2 Å². The Hall–Kier alpha value is -1.36. The van der Waals surface area contributed by atoms with Crippen LogP contribution in [0.2, 0.25) is 0 Å². The van der Waals surface area contributed by atoms with E-state index in [4.69, 9.17) is 26.4 Å². The number of fused-ring (bicyclic) bond motifs is 1. The van der Waals surface area contributed by atoms with Crippen LogP contribution in [-0.4, -0.2) is 51.9 Å². The van der Waals surface area contributed by atoms with Gasteiger partial charge in [0.05, 0.1) is 6.61 Å². The van der Waals surface area contributed by atoms with E-state index >= 15 is 0 Å². The number of aliphatic hydroxyl groups excluding tert-OH is 1. The second-order valence-electron chi connectivity index (χ2n) is 7.55. The number of hydrogen-bond donors (Lipinski definition) is 3. The maximum absolute atomic E-state index is 12.3. The minimum Gasteiger partial charge on any atom is -0.394 e. The van der Waals surface area contributed by atoms with Crippen LogP contribution in [0, 0.1) is 4.77 Å². The highest BCUT2D eigenvalue weighted by Gasteiger charge is 2.55. The fraction of sp³-hybridized carbons (Fsp3) is 0.700. The highest BCUT2D eigenvalue weighted by molar-refractivity contribution is 7.71. The number of aliphatic hydroxyl groups is 1. The van der Waals surface area contributed by atoms with Crippen molar-refractivity contribution in [2.75, 3.05) is 13.2 Å². The summed E-state index contributed by atoms with van der Waals surface area (Å²) in [7, 11) is 0. The van der Waals surface area contributed by atoms with Gasteiger partial charge in [-0.3, -0.25) is 14.3 Å². The zero-order chi connectivity index (χ0) is 21.8. The van der Waals surface area contributed by atoms with Crippen LogP contribution >= 0.6 is 12.2 Å². The molecule has 2 aliphatic heterocycles. The zero-order valence-electron chi connectivity index (χ0n) is 18.0. The van der Waals surface area contributed by atoms with E-state index in [-0.39, 0.29) is 16.9 Å². The number of rotatable bonds is 6. The quantitative estimate of drug-likeness (QED) is 0.364. The minimum absolute atomic E-state index is 0.190. The van der Waals surface area contributed by atoms with E-state index < -0.39 is 30.3 Å². The second-order valence-corrected chi connectivity index (χ2v) is 7.93. The highest BCUT2D eigenvalue weighted by Crippen LogP contribution is 2.42. The van der Waals surface area contributed by atoms with Gasteiger partial charge in [0.25, 0.3) is 5.56 Å². The van der Waals surface area contributed by atoms with E-state index in [0.717, 1.165) is 0 Å². The van der Waals surface area contributed by atoms with Gasteiger partial charge in [0.1, 0.15) is 18.3 Å². The number of allylic oxidation sites excluding steroid dienone is 1. The van der Waals surface area contributed by atoms with Crippen LogP contribution < -0.4 is 10.9 Å². The van der Waals surface area contributed by atoms with Gasteiger partial charge in [0, 0.05) is 24.8 Å². The van der Waals surface area contributed by atoms with Crippen LogP contribution in [0.1, 0.15) is 53.3 Å². The molecule has 2 saturated heterocycles. The average molecular weight is 428 g/mol. The van der Waals surface area contributed by atoms with Crippen molar-refractivity contribution in [3.63, 3.8) is 0 Å². The predicted molar refractivity (Wildman–Crippen MR) is 113 cm³/mol. The first-order valence-corrected chi connectivity index (χ1v) is 10.4. The summed E-state index contributed by atoms with van der Waals surface area (Å²) >= 11 is 5.34. The number of aromatic nitrogens is 2. The molecule has 4 atom stereocenters. The minimum atomic E-state index is -0.774. The molecule has 1 aromatic rings. The Kier molecular flexibility index (Phi) is 8.33. The molecule has 2 fully saturated rings. The van der Waals surface area contributed by atoms with Gasteiger partial charge in [-0.2, -0.15) is 0 Å². The third-order valence-corrected chi connectivity index (χ3v) is 4.90. The first-order valence-electron chi connectivity index (χ1n) is 10.0. The maximum Gasteiger partial charge on any atom is 0.256 e. The highest BCUT2D eigenvalue weighted by atomic mass is 32.1. The number of nitrogens with zero attached hydrogens (tertiary/aromatic N) is 1. The summed E-state index contributed by atoms with van der Waals surface area (Å²) in [6.07, 6.45) is 1.80. The van der Waals surface area contributed by atoms with Gasteiger partial charge in [-0.05, 0) is 39.9 Å². The summed E-state index contributed by atoms with van der Waals surface area (Å²) in [4.78, 5) is 15.0. The summed E-state index contributed by atoms with van der Waals surface area (Å²) in [6, 6.07) is 0. The smallest absolute Gasteiger partial charge is 0.256 e. The molecule has 1 aromatic heterocycles. The van der Waals surface area contributed by atoms with E-state index in [1.165, 1.54) is 5.57 Å². The van der Waals surface area contributed by atoms with Crippen LogP contribution in [0.4, 0.5) is 0 Å². The standard InChI is InChI=1S/C18H27N3O5S.C2H6/c1-10(2)5-6-19-7-11-8-21(17(27)20-15(11)23)16-14-13(12(9-22)24-16)25-18(3,4)26-14;1-2/h5,8,12-14,16,19,22H,6-7,9H2,1-4H3,(H,20,23,27);1-2H3. The Bertz CT molecular complexity index is 828. The van der Waals surface area contributed by atoms with E-state index in [9.17, 15) is 9.90 Å². The van der Waals surface area contributed by atoms with Gasteiger partial charge in [-0.25, -0.2) is 0 Å². The van der Waals surface area contributed by atoms with Crippen LogP contribution in [0.5, 0.6) is 0 Å². The SMILES string of the molecule is CC.CC(C)=CCNCc1cn(C2OC(CO)C3OC(C)(C)OC32)c(=S)[nH]c1=O. The van der Waals surface area contributed by atoms with Crippen LogP contribution in [-0.2, 0) is 20.8 Å². The number of H-pyrrole nitrogens is 1. The van der Waals surface area contributed by atoms with Crippen LogP contribution in [0.15, 0.2) is 22.6 Å². The van der Waals surface area contributed by atoms with Crippen molar-refractivity contribution in [1.29, 1.82) is 0 Å². The average Bonchev–Trinajstić information content (AvgIpc) is 3.14. The first kappa shape index (κ1) is 23.9. The molecule has 0 aromatic carbocycles. The molecule has 3 N–H and O–H groups in total. The number of aromatic amines is 1. The van der Waals surface area contributed by atoms with E-state index in [2.05, 4.69) is 10.3 Å². The largest absolute Gasteiger partial charge is 0.394 e. The summed E-state index contributed by atoms with van der Waals surface area (Å²) in [6.45, 7) is 12.5. The molecule has 4 unspecified atom stereocenters. The third kappa shape index (κ3) is 5.62. The molecule has 3 heterocycles. The van der Waals surface area contributed by atoms with Gasteiger partial charge in [-0.1, -0.05) is 25.5 Å². The monoisotopic (exact) mass is 427 g/mol. The number of hydrogen-bond acceptors (Lipinski definition) is 7. The van der Waals surface area contributed by atoms with E-state index in [1.54, 1.807) is 10.8 Å². The molecule has 0 amide bonds.